The van der Waals surface area contributed by atoms with Gasteiger partial charge in [0.05, 0.1) is 11.8 Å². The molecule has 8 heteroatoms. The predicted octanol–water partition coefficient (Wildman–Crippen LogP) is 3.09. The minimum absolute atomic E-state index is 0.0898. The summed E-state index contributed by atoms with van der Waals surface area (Å²) in [6, 6.07) is 0. The van der Waals surface area contributed by atoms with Crippen molar-refractivity contribution >= 4 is 34.2 Å². The predicted molar refractivity (Wildman–Crippen MR) is 101 cm³/mol. The molecule has 2 aliphatic carbocycles. The number of fused-ring (bicyclic) bond motifs is 1. The maximum absolute atomic E-state index is 12.5. The number of amides is 3. The van der Waals surface area contributed by atoms with Gasteiger partial charge in [-0.1, -0.05) is 43.4 Å². The van der Waals surface area contributed by atoms with Crippen LogP contribution < -0.4 is 5.32 Å². The lowest BCUT2D eigenvalue weighted by atomic mass is 9.81. The number of carbonyl (C=O) groups excluding carboxylic acids is 3. The Morgan fingerprint density at radius 3 is 2.26 bits per heavy atom. The van der Waals surface area contributed by atoms with E-state index < -0.39 is 0 Å². The molecule has 0 spiro atoms. The van der Waals surface area contributed by atoms with Crippen LogP contribution in [0.2, 0.25) is 0 Å². The van der Waals surface area contributed by atoms with E-state index in [4.69, 9.17) is 0 Å². The van der Waals surface area contributed by atoms with Crippen molar-refractivity contribution in [2.24, 2.45) is 11.8 Å². The summed E-state index contributed by atoms with van der Waals surface area (Å²) in [5, 5.41) is 12.6. The second kappa shape index (κ2) is 8.04. The molecule has 1 aromatic heterocycles. The van der Waals surface area contributed by atoms with Crippen LogP contribution in [0.3, 0.4) is 0 Å². The molecule has 2 atom stereocenters. The van der Waals surface area contributed by atoms with E-state index >= 15 is 0 Å². The van der Waals surface area contributed by atoms with Gasteiger partial charge >= 0.3 is 0 Å². The summed E-state index contributed by atoms with van der Waals surface area (Å²) in [6.45, 7) is 0.158. The molecule has 27 heavy (non-hydrogen) atoms. The number of hydrogen-bond acceptors (Lipinski definition) is 6. The average molecular weight is 391 g/mol. The molecule has 3 aliphatic rings. The first-order valence-electron chi connectivity index (χ1n) is 10.1. The minimum Gasteiger partial charge on any atom is -0.300 e. The summed E-state index contributed by atoms with van der Waals surface area (Å²) in [7, 11) is 0. The lowest BCUT2D eigenvalue weighted by molar-refractivity contribution is -0.140. The van der Waals surface area contributed by atoms with Crippen LogP contribution in [0.25, 0.3) is 0 Å². The van der Waals surface area contributed by atoms with Gasteiger partial charge in [-0.3, -0.25) is 19.3 Å². The van der Waals surface area contributed by atoms with E-state index in [1.807, 2.05) is 0 Å². The van der Waals surface area contributed by atoms with Crippen LogP contribution in [0.4, 0.5) is 5.13 Å². The molecule has 1 aromatic rings. The zero-order valence-electron chi connectivity index (χ0n) is 15.5. The van der Waals surface area contributed by atoms with Crippen LogP contribution in [0, 0.1) is 11.8 Å². The van der Waals surface area contributed by atoms with Gasteiger partial charge in [0.2, 0.25) is 22.9 Å². The first-order valence-corrected chi connectivity index (χ1v) is 10.9. The molecule has 1 saturated heterocycles. The Kier molecular flexibility index (Phi) is 5.52. The Morgan fingerprint density at radius 1 is 0.963 bits per heavy atom. The molecule has 3 fully saturated rings. The summed E-state index contributed by atoms with van der Waals surface area (Å²) >= 11 is 1.44. The normalized spacial score (nSPS) is 26.3. The molecule has 146 valence electrons. The highest BCUT2D eigenvalue weighted by atomic mass is 32.1. The molecule has 2 heterocycles. The van der Waals surface area contributed by atoms with E-state index in [-0.39, 0.29) is 42.5 Å². The van der Waals surface area contributed by atoms with Gasteiger partial charge in [-0.25, -0.2) is 0 Å². The van der Waals surface area contributed by atoms with Crippen molar-refractivity contribution in [1.29, 1.82) is 0 Å². The number of carbonyl (C=O) groups is 3. The summed E-state index contributed by atoms with van der Waals surface area (Å²) in [5.41, 5.74) is 0. The minimum atomic E-state index is -0.225. The molecule has 7 nitrogen and oxygen atoms in total. The van der Waals surface area contributed by atoms with Crippen LogP contribution >= 0.6 is 11.3 Å². The zero-order chi connectivity index (χ0) is 18.8. The molecule has 0 unspecified atom stereocenters. The number of hydrogen-bond donors (Lipinski definition) is 1. The smallest absolute Gasteiger partial charge is 0.233 e. The highest BCUT2D eigenvalue weighted by Gasteiger charge is 2.47. The maximum atomic E-state index is 12.5. The van der Waals surface area contributed by atoms with Gasteiger partial charge in [-0.2, -0.15) is 0 Å². The molecule has 1 aliphatic heterocycles. The van der Waals surface area contributed by atoms with Crippen LogP contribution in [0.15, 0.2) is 0 Å². The van der Waals surface area contributed by atoms with Crippen molar-refractivity contribution in [3.8, 4) is 0 Å². The highest BCUT2D eigenvalue weighted by Crippen LogP contribution is 2.38. The third-order valence-corrected chi connectivity index (χ3v) is 7.14. The number of nitrogens with zero attached hydrogens (tertiary/aromatic N) is 3. The van der Waals surface area contributed by atoms with Gasteiger partial charge in [0.15, 0.2) is 0 Å². The van der Waals surface area contributed by atoms with E-state index in [2.05, 4.69) is 15.5 Å². The van der Waals surface area contributed by atoms with E-state index in [0.717, 1.165) is 43.5 Å². The molecule has 0 radical (unpaired) electrons. The van der Waals surface area contributed by atoms with E-state index in [1.54, 1.807) is 0 Å². The average Bonchev–Trinajstić information content (AvgIpc) is 3.25. The zero-order valence-corrected chi connectivity index (χ0v) is 16.3. The third kappa shape index (κ3) is 3.90. The van der Waals surface area contributed by atoms with Gasteiger partial charge in [0, 0.05) is 18.9 Å². The van der Waals surface area contributed by atoms with Gasteiger partial charge < -0.3 is 5.32 Å². The Bertz CT molecular complexity index is 704. The highest BCUT2D eigenvalue weighted by molar-refractivity contribution is 7.15. The number of aromatic nitrogens is 2. The molecule has 1 N–H and O–H groups in total. The molecule has 0 aromatic carbocycles. The van der Waals surface area contributed by atoms with E-state index in [0.29, 0.717) is 11.0 Å². The fourth-order valence-electron chi connectivity index (χ4n) is 4.65. The summed E-state index contributed by atoms with van der Waals surface area (Å²) in [6.07, 6.45) is 9.75. The summed E-state index contributed by atoms with van der Waals surface area (Å²) in [4.78, 5) is 38.5. The van der Waals surface area contributed by atoms with Crippen molar-refractivity contribution < 1.29 is 14.4 Å². The van der Waals surface area contributed by atoms with Crippen LogP contribution in [0.1, 0.15) is 75.1 Å². The van der Waals surface area contributed by atoms with Crippen molar-refractivity contribution in [2.45, 2.75) is 70.1 Å². The van der Waals surface area contributed by atoms with Gasteiger partial charge in [-0.05, 0) is 25.7 Å². The second-order valence-corrected chi connectivity index (χ2v) is 8.91. The number of anilines is 1. The van der Waals surface area contributed by atoms with Crippen LogP contribution in [-0.2, 0) is 14.4 Å². The van der Waals surface area contributed by atoms with Gasteiger partial charge in [-0.15, -0.1) is 10.2 Å². The largest absolute Gasteiger partial charge is 0.300 e. The Labute approximate surface area is 162 Å². The molecular formula is C19H26N4O3S. The first kappa shape index (κ1) is 18.5. The Balaban J connectivity index is 1.29. The SMILES string of the molecule is O=C(CCN1C(=O)[C@H]2CCCC[C@H]2C1=O)Nc1nnc(C2CCCCC2)s1. The number of nitrogens with one attached hydrogen (secondary N) is 1. The second-order valence-electron chi connectivity index (χ2n) is 7.90. The summed E-state index contributed by atoms with van der Waals surface area (Å²) < 4.78 is 0. The molecule has 2 saturated carbocycles. The van der Waals surface area contributed by atoms with E-state index in [9.17, 15) is 14.4 Å². The van der Waals surface area contributed by atoms with Gasteiger partial charge in [0.25, 0.3) is 0 Å². The molecule has 3 amide bonds. The number of rotatable bonds is 5. The first-order chi connectivity index (χ1) is 13.1. The van der Waals surface area contributed by atoms with Crippen molar-refractivity contribution in [2.75, 3.05) is 11.9 Å². The molecule has 0 bridgehead atoms. The fraction of sp³-hybridized carbons (Fsp3) is 0.737. The van der Waals surface area contributed by atoms with Crippen LogP contribution in [-0.4, -0.2) is 39.4 Å². The topological polar surface area (TPSA) is 92.3 Å². The fourth-order valence-corrected chi connectivity index (χ4v) is 5.57. The van der Waals surface area contributed by atoms with Crippen molar-refractivity contribution in [3.05, 3.63) is 5.01 Å². The number of imide groups is 1. The molecular weight excluding hydrogens is 364 g/mol. The lowest BCUT2D eigenvalue weighted by Crippen LogP contribution is -2.34. The van der Waals surface area contributed by atoms with Gasteiger partial charge in [0.1, 0.15) is 5.01 Å². The van der Waals surface area contributed by atoms with Crippen LogP contribution in [0.5, 0.6) is 0 Å². The third-order valence-electron chi connectivity index (χ3n) is 6.14. The van der Waals surface area contributed by atoms with Crippen molar-refractivity contribution in [1.82, 2.24) is 15.1 Å². The van der Waals surface area contributed by atoms with Crippen molar-refractivity contribution in [3.63, 3.8) is 0 Å². The monoisotopic (exact) mass is 390 g/mol. The molecule has 4 rings (SSSR count). The maximum Gasteiger partial charge on any atom is 0.233 e. The Morgan fingerprint density at radius 2 is 1.59 bits per heavy atom. The standard InChI is InChI=1S/C19H26N4O3S/c24-15(20-19-22-21-16(27-19)12-6-2-1-3-7-12)10-11-23-17(25)13-8-4-5-9-14(13)18(23)26/h12-14H,1-11H2,(H,20,22,24)/t13-,14+. The quantitative estimate of drug-likeness (QED) is 0.780. The summed E-state index contributed by atoms with van der Waals surface area (Å²) in [5.74, 6) is -0.256. The lowest BCUT2D eigenvalue weighted by Gasteiger charge is -2.19. The van der Waals surface area contributed by atoms with E-state index in [1.165, 1.54) is 35.5 Å². The number of likely N-dealkylation sites (tertiary alicyclic amines) is 1. The Hall–Kier alpha value is -1.83.